The Morgan fingerprint density at radius 3 is 2.67 bits per heavy atom. The maximum Gasteiger partial charge on any atom is 0.411 e. The molecule has 0 saturated carbocycles. The number of carbonyl (C=O) groups excluding carboxylic acids is 1. The van der Waals surface area contributed by atoms with Crippen LogP contribution in [0.3, 0.4) is 0 Å². The minimum absolute atomic E-state index is 0.223. The van der Waals surface area contributed by atoms with Gasteiger partial charge in [-0.25, -0.2) is 9.36 Å². The quantitative estimate of drug-likeness (QED) is 0.585. The van der Waals surface area contributed by atoms with Gasteiger partial charge < -0.3 is 14.0 Å². The number of carbonyl (C=O) groups is 1. The summed E-state index contributed by atoms with van der Waals surface area (Å²) in [4.78, 5) is 12.3. The Hall–Kier alpha value is -2.30. The van der Waals surface area contributed by atoms with Crippen molar-refractivity contribution in [3.8, 4) is 22.6 Å². The van der Waals surface area contributed by atoms with Crippen molar-refractivity contribution in [1.82, 2.24) is 0 Å². The maximum atomic E-state index is 13.6. The summed E-state index contributed by atoms with van der Waals surface area (Å²) in [6, 6.07) is 7.10. The zero-order chi connectivity index (χ0) is 19.2. The van der Waals surface area contributed by atoms with Crippen LogP contribution in [0.25, 0.3) is 11.1 Å². The summed E-state index contributed by atoms with van der Waals surface area (Å²) in [6.07, 6.45) is 2.53. The fraction of sp³-hybridized carbons (Fsp3) is 0.350. The molecule has 1 heterocycles. The molecule has 0 fully saturated rings. The predicted octanol–water partition coefficient (Wildman–Crippen LogP) is 3.88. The lowest BCUT2D eigenvalue weighted by Crippen LogP contribution is -2.23. The summed E-state index contributed by atoms with van der Waals surface area (Å²) in [5.74, 6) is 0.654. The number of esters is 1. The van der Waals surface area contributed by atoms with E-state index in [0.717, 1.165) is 41.5 Å². The van der Waals surface area contributed by atoms with E-state index in [1.807, 2.05) is 12.1 Å². The molecule has 1 aliphatic heterocycles. The van der Waals surface area contributed by atoms with Crippen LogP contribution in [-0.4, -0.2) is 26.8 Å². The molecule has 27 heavy (non-hydrogen) atoms. The molecule has 0 amide bonds. The molecule has 1 unspecified atom stereocenters. The van der Waals surface area contributed by atoms with Gasteiger partial charge in [0.05, 0.1) is 31.7 Å². The van der Waals surface area contributed by atoms with Crippen LogP contribution in [0.15, 0.2) is 24.3 Å². The van der Waals surface area contributed by atoms with Crippen LogP contribution in [0.5, 0.6) is 11.5 Å². The van der Waals surface area contributed by atoms with E-state index in [1.165, 1.54) is 7.11 Å². The summed E-state index contributed by atoms with van der Waals surface area (Å²) in [7, 11) is -0.718. The average Bonchev–Trinajstić information content (AvgIpc) is 3.16. The number of ether oxygens (including phenoxy) is 2. The predicted molar refractivity (Wildman–Crippen MR) is 101 cm³/mol. The van der Waals surface area contributed by atoms with Gasteiger partial charge in [0.2, 0.25) is 0 Å². The Bertz CT molecular complexity index is 981. The van der Waals surface area contributed by atoms with Crippen molar-refractivity contribution in [3.05, 3.63) is 41.0 Å². The van der Waals surface area contributed by atoms with E-state index in [9.17, 15) is 9.36 Å². The zero-order valence-electron chi connectivity index (χ0n) is 15.5. The lowest BCUT2D eigenvalue weighted by molar-refractivity contribution is 0.0599. The van der Waals surface area contributed by atoms with Gasteiger partial charge in [-0.3, -0.25) is 4.52 Å². The Balaban J connectivity index is 2.05. The normalized spacial score (nSPS) is 19.5. The molecule has 0 aromatic heterocycles. The molecule has 142 valence electrons. The van der Waals surface area contributed by atoms with Gasteiger partial charge in [0.25, 0.3) is 0 Å². The van der Waals surface area contributed by atoms with E-state index in [4.69, 9.17) is 18.5 Å². The monoisotopic (exact) mass is 388 g/mol. The van der Waals surface area contributed by atoms with Crippen molar-refractivity contribution in [2.45, 2.75) is 26.2 Å². The lowest BCUT2D eigenvalue weighted by Gasteiger charge is -2.30. The third-order valence-electron chi connectivity index (χ3n) is 5.06. The summed E-state index contributed by atoms with van der Waals surface area (Å²) in [6.45, 7) is 1.99. The summed E-state index contributed by atoms with van der Waals surface area (Å²) in [5.41, 5.74) is 4.14. The molecule has 7 heteroatoms. The highest BCUT2D eigenvalue weighted by atomic mass is 31.2. The first-order chi connectivity index (χ1) is 13.0. The Labute approximate surface area is 157 Å². The molecule has 1 aliphatic carbocycles. The van der Waals surface area contributed by atoms with Crippen LogP contribution < -0.4 is 14.6 Å². The Morgan fingerprint density at radius 2 is 1.96 bits per heavy atom. The minimum Gasteiger partial charge on any atom is -0.497 e. The molecular formula is C20H21O6P. The fourth-order valence-electron chi connectivity index (χ4n) is 3.93. The maximum absolute atomic E-state index is 13.6. The summed E-state index contributed by atoms with van der Waals surface area (Å²) in [5, 5.41) is 0.433. The molecular weight excluding hydrogens is 367 g/mol. The van der Waals surface area contributed by atoms with E-state index in [1.54, 1.807) is 26.2 Å². The molecule has 0 saturated heterocycles. The second-order valence-electron chi connectivity index (χ2n) is 6.49. The summed E-state index contributed by atoms with van der Waals surface area (Å²) >= 11 is 0. The second kappa shape index (κ2) is 6.70. The van der Waals surface area contributed by atoms with Gasteiger partial charge in [-0.05, 0) is 55.5 Å². The van der Waals surface area contributed by atoms with E-state index in [-0.39, 0.29) is 6.61 Å². The lowest BCUT2D eigenvalue weighted by atomic mass is 9.92. The van der Waals surface area contributed by atoms with Gasteiger partial charge in [-0.15, -0.1) is 0 Å². The number of hydrogen-bond acceptors (Lipinski definition) is 6. The SMILES string of the molecule is CCOP1(=O)Oc2cc(OC)ccc2-c2c1cc(C(=O)OC)c1c2CCC1. The van der Waals surface area contributed by atoms with Crippen molar-refractivity contribution in [1.29, 1.82) is 0 Å². The van der Waals surface area contributed by atoms with E-state index < -0.39 is 13.6 Å². The fourth-order valence-corrected chi connectivity index (χ4v) is 5.79. The van der Waals surface area contributed by atoms with E-state index in [0.29, 0.717) is 22.4 Å². The van der Waals surface area contributed by atoms with Gasteiger partial charge >= 0.3 is 13.6 Å². The van der Waals surface area contributed by atoms with Crippen molar-refractivity contribution in [2.75, 3.05) is 20.8 Å². The average molecular weight is 388 g/mol. The third-order valence-corrected chi connectivity index (χ3v) is 7.04. The van der Waals surface area contributed by atoms with Crippen molar-refractivity contribution in [3.63, 3.8) is 0 Å². The second-order valence-corrected chi connectivity index (χ2v) is 8.41. The number of methoxy groups -OCH3 is 2. The van der Waals surface area contributed by atoms with Gasteiger partial charge in [0, 0.05) is 17.2 Å². The molecule has 0 N–H and O–H groups in total. The Morgan fingerprint density at radius 1 is 1.19 bits per heavy atom. The molecule has 2 aromatic rings. The number of fused-ring (bicyclic) bond motifs is 5. The van der Waals surface area contributed by atoms with Crippen LogP contribution in [0.1, 0.15) is 34.8 Å². The Kier molecular flexibility index (Phi) is 4.49. The molecule has 0 bridgehead atoms. The van der Waals surface area contributed by atoms with E-state index >= 15 is 0 Å². The van der Waals surface area contributed by atoms with Crippen LogP contribution in [0.4, 0.5) is 0 Å². The molecule has 2 aromatic carbocycles. The van der Waals surface area contributed by atoms with Crippen LogP contribution >= 0.6 is 7.60 Å². The van der Waals surface area contributed by atoms with Crippen molar-refractivity contribution >= 4 is 18.9 Å². The van der Waals surface area contributed by atoms with Crippen molar-refractivity contribution < 1.29 is 27.9 Å². The van der Waals surface area contributed by atoms with Gasteiger partial charge in [-0.2, -0.15) is 0 Å². The van der Waals surface area contributed by atoms with Crippen LogP contribution in [0.2, 0.25) is 0 Å². The molecule has 6 nitrogen and oxygen atoms in total. The van der Waals surface area contributed by atoms with Crippen molar-refractivity contribution in [2.24, 2.45) is 0 Å². The van der Waals surface area contributed by atoms with Gasteiger partial charge in [0.15, 0.2) is 0 Å². The molecule has 4 rings (SSSR count). The van der Waals surface area contributed by atoms with Crippen LogP contribution in [0, 0.1) is 0 Å². The zero-order valence-corrected chi connectivity index (χ0v) is 16.4. The standard InChI is InChI=1S/C20H21O6P/c1-4-25-27(22)18-11-16(20(21)24-3)13-6-5-7-14(13)19(18)15-9-8-12(23-2)10-17(15)26-27/h8-11H,4-7H2,1-3H3. The molecule has 0 radical (unpaired) electrons. The van der Waals surface area contributed by atoms with Crippen LogP contribution in [-0.2, 0) is 26.7 Å². The summed E-state index contributed by atoms with van der Waals surface area (Å²) < 4.78 is 35.3. The first-order valence-corrected chi connectivity index (χ1v) is 10.5. The molecule has 1 atom stereocenters. The van der Waals surface area contributed by atoms with E-state index in [2.05, 4.69) is 0 Å². The largest absolute Gasteiger partial charge is 0.497 e. The van der Waals surface area contributed by atoms with Gasteiger partial charge in [0.1, 0.15) is 11.5 Å². The number of hydrogen-bond donors (Lipinski definition) is 0. The minimum atomic E-state index is -3.64. The smallest absolute Gasteiger partial charge is 0.411 e. The first-order valence-electron chi connectivity index (χ1n) is 8.92. The first kappa shape index (κ1) is 18.1. The number of benzene rings is 2. The topological polar surface area (TPSA) is 71.1 Å². The molecule has 0 spiro atoms. The highest BCUT2D eigenvalue weighted by Crippen LogP contribution is 2.57. The molecule has 2 aliphatic rings. The number of rotatable bonds is 4. The van der Waals surface area contributed by atoms with Gasteiger partial charge in [-0.1, -0.05) is 0 Å². The third kappa shape index (κ3) is 2.75. The highest BCUT2D eigenvalue weighted by Gasteiger charge is 2.41. The highest BCUT2D eigenvalue weighted by molar-refractivity contribution is 7.63.